The SMILES string of the molecule is COc1ccc(-c2[nH]ncc2CN2CCN(Cc3ccccc3)[C@H](CCO)C2)cc1. The lowest BCUT2D eigenvalue weighted by molar-refractivity contribution is 0.0500. The van der Waals surface area contributed by atoms with Crippen molar-refractivity contribution in [3.63, 3.8) is 0 Å². The van der Waals surface area contributed by atoms with E-state index >= 15 is 0 Å². The zero-order valence-corrected chi connectivity index (χ0v) is 17.5. The van der Waals surface area contributed by atoms with E-state index in [0.29, 0.717) is 6.04 Å². The number of piperazine rings is 1. The monoisotopic (exact) mass is 406 g/mol. The van der Waals surface area contributed by atoms with Gasteiger partial charge < -0.3 is 9.84 Å². The van der Waals surface area contributed by atoms with Crippen molar-refractivity contribution in [3.05, 3.63) is 71.9 Å². The molecule has 30 heavy (non-hydrogen) atoms. The number of rotatable bonds is 8. The van der Waals surface area contributed by atoms with Gasteiger partial charge >= 0.3 is 0 Å². The number of aliphatic hydroxyl groups excluding tert-OH is 1. The second kappa shape index (κ2) is 9.89. The normalized spacial score (nSPS) is 17.9. The maximum Gasteiger partial charge on any atom is 0.118 e. The fourth-order valence-corrected chi connectivity index (χ4v) is 4.23. The number of methoxy groups -OCH3 is 1. The Labute approximate surface area is 178 Å². The van der Waals surface area contributed by atoms with Crippen molar-refractivity contribution in [3.8, 4) is 17.0 Å². The summed E-state index contributed by atoms with van der Waals surface area (Å²) in [5, 5.41) is 17.1. The van der Waals surface area contributed by atoms with Gasteiger partial charge in [0.2, 0.25) is 0 Å². The van der Waals surface area contributed by atoms with E-state index < -0.39 is 0 Å². The van der Waals surface area contributed by atoms with Crippen LogP contribution in [0.3, 0.4) is 0 Å². The van der Waals surface area contributed by atoms with Crippen LogP contribution in [0.1, 0.15) is 17.5 Å². The van der Waals surface area contributed by atoms with E-state index in [1.54, 1.807) is 7.11 Å². The van der Waals surface area contributed by atoms with Gasteiger partial charge in [0.15, 0.2) is 0 Å². The summed E-state index contributed by atoms with van der Waals surface area (Å²) in [6.45, 7) is 4.94. The Morgan fingerprint density at radius 1 is 1.07 bits per heavy atom. The van der Waals surface area contributed by atoms with Crippen LogP contribution in [0.25, 0.3) is 11.3 Å². The molecule has 1 atom stereocenters. The summed E-state index contributed by atoms with van der Waals surface area (Å²) in [6, 6.07) is 19.0. The number of nitrogens with zero attached hydrogens (tertiary/aromatic N) is 3. The highest BCUT2D eigenvalue weighted by Gasteiger charge is 2.27. The molecule has 0 unspecified atom stereocenters. The van der Waals surface area contributed by atoms with Crippen LogP contribution in [0.15, 0.2) is 60.8 Å². The van der Waals surface area contributed by atoms with Gasteiger partial charge in [-0.3, -0.25) is 14.9 Å². The average molecular weight is 407 g/mol. The molecule has 0 spiro atoms. The van der Waals surface area contributed by atoms with E-state index in [1.807, 2.05) is 18.3 Å². The Bertz CT molecular complexity index is 910. The van der Waals surface area contributed by atoms with Crippen LogP contribution in [0.2, 0.25) is 0 Å². The minimum Gasteiger partial charge on any atom is -0.497 e. The molecular weight excluding hydrogens is 376 g/mol. The summed E-state index contributed by atoms with van der Waals surface area (Å²) >= 11 is 0. The molecule has 6 heteroatoms. The lowest BCUT2D eigenvalue weighted by Gasteiger charge is -2.41. The Kier molecular flexibility index (Phi) is 6.79. The number of ether oxygens (including phenoxy) is 1. The Morgan fingerprint density at radius 3 is 2.60 bits per heavy atom. The summed E-state index contributed by atoms with van der Waals surface area (Å²) < 4.78 is 5.27. The molecule has 1 aliphatic rings. The van der Waals surface area contributed by atoms with Gasteiger partial charge in [-0.2, -0.15) is 5.10 Å². The van der Waals surface area contributed by atoms with E-state index in [9.17, 15) is 5.11 Å². The molecule has 0 saturated carbocycles. The van der Waals surface area contributed by atoms with Gasteiger partial charge in [-0.1, -0.05) is 30.3 Å². The van der Waals surface area contributed by atoms with Crippen LogP contribution in [-0.4, -0.2) is 64.5 Å². The van der Waals surface area contributed by atoms with E-state index in [0.717, 1.165) is 56.2 Å². The maximum absolute atomic E-state index is 9.61. The van der Waals surface area contributed by atoms with Crippen molar-refractivity contribution in [1.29, 1.82) is 0 Å². The predicted molar refractivity (Wildman–Crippen MR) is 118 cm³/mol. The minimum atomic E-state index is 0.215. The summed E-state index contributed by atoms with van der Waals surface area (Å²) in [5.41, 5.74) is 4.69. The zero-order chi connectivity index (χ0) is 20.8. The topological polar surface area (TPSA) is 64.6 Å². The third-order valence-corrected chi connectivity index (χ3v) is 5.87. The van der Waals surface area contributed by atoms with Gasteiger partial charge in [0.1, 0.15) is 5.75 Å². The molecule has 1 aromatic heterocycles. The van der Waals surface area contributed by atoms with E-state index in [-0.39, 0.29) is 6.61 Å². The first-order valence-electron chi connectivity index (χ1n) is 10.5. The van der Waals surface area contributed by atoms with Gasteiger partial charge in [-0.15, -0.1) is 0 Å². The zero-order valence-electron chi connectivity index (χ0n) is 17.5. The molecule has 6 nitrogen and oxygen atoms in total. The summed E-state index contributed by atoms with van der Waals surface area (Å²) in [5.74, 6) is 0.848. The summed E-state index contributed by atoms with van der Waals surface area (Å²) in [6.07, 6.45) is 2.72. The molecule has 0 aliphatic carbocycles. The number of nitrogens with one attached hydrogen (secondary N) is 1. The molecule has 4 rings (SSSR count). The molecule has 1 saturated heterocycles. The highest BCUT2D eigenvalue weighted by Crippen LogP contribution is 2.26. The van der Waals surface area contributed by atoms with Crippen LogP contribution in [0.5, 0.6) is 5.75 Å². The van der Waals surface area contributed by atoms with Gasteiger partial charge in [-0.25, -0.2) is 0 Å². The van der Waals surface area contributed by atoms with Crippen molar-refractivity contribution in [2.45, 2.75) is 25.6 Å². The number of aliphatic hydroxyl groups is 1. The molecule has 0 bridgehead atoms. The minimum absolute atomic E-state index is 0.215. The first-order valence-corrected chi connectivity index (χ1v) is 10.5. The molecule has 2 aromatic carbocycles. The van der Waals surface area contributed by atoms with E-state index in [4.69, 9.17) is 4.74 Å². The lowest BCUT2D eigenvalue weighted by atomic mass is 10.0. The Balaban J connectivity index is 1.43. The van der Waals surface area contributed by atoms with Gasteiger partial charge in [0.25, 0.3) is 0 Å². The highest BCUT2D eigenvalue weighted by atomic mass is 16.5. The number of H-pyrrole nitrogens is 1. The van der Waals surface area contributed by atoms with Crippen molar-refractivity contribution in [2.24, 2.45) is 0 Å². The summed E-state index contributed by atoms with van der Waals surface area (Å²) in [4.78, 5) is 4.97. The average Bonchev–Trinajstić information content (AvgIpc) is 3.24. The largest absolute Gasteiger partial charge is 0.497 e. The van der Waals surface area contributed by atoms with Crippen LogP contribution in [-0.2, 0) is 13.1 Å². The van der Waals surface area contributed by atoms with Crippen molar-refractivity contribution in [2.75, 3.05) is 33.4 Å². The fourth-order valence-electron chi connectivity index (χ4n) is 4.23. The molecule has 2 heterocycles. The molecule has 0 amide bonds. The molecular formula is C24H30N4O2. The number of hydrogen-bond donors (Lipinski definition) is 2. The first-order chi connectivity index (χ1) is 14.8. The standard InChI is InChI=1S/C24H30N4O2/c1-30-23-9-7-20(8-10-23)24-21(15-25-26-24)17-27-12-13-28(22(18-27)11-14-29)16-19-5-3-2-4-6-19/h2-10,15,22,29H,11-14,16-18H2,1H3,(H,25,26)/t22-/m1/s1. The summed E-state index contributed by atoms with van der Waals surface area (Å²) in [7, 11) is 1.68. The third kappa shape index (κ3) is 4.90. The second-order valence-corrected chi connectivity index (χ2v) is 7.86. The molecule has 0 radical (unpaired) electrons. The molecule has 3 aromatic rings. The number of benzene rings is 2. The van der Waals surface area contributed by atoms with E-state index in [2.05, 4.69) is 62.5 Å². The first kappa shape index (κ1) is 20.6. The maximum atomic E-state index is 9.61. The molecule has 158 valence electrons. The van der Waals surface area contributed by atoms with Gasteiger partial charge in [0, 0.05) is 56.5 Å². The smallest absolute Gasteiger partial charge is 0.118 e. The molecule has 1 aliphatic heterocycles. The van der Waals surface area contributed by atoms with E-state index in [1.165, 1.54) is 11.1 Å². The van der Waals surface area contributed by atoms with Gasteiger partial charge in [-0.05, 0) is 36.2 Å². The van der Waals surface area contributed by atoms with Crippen LogP contribution in [0.4, 0.5) is 0 Å². The molecule has 1 fully saturated rings. The highest BCUT2D eigenvalue weighted by molar-refractivity contribution is 5.63. The Hall–Kier alpha value is -2.67. The van der Waals surface area contributed by atoms with Crippen LogP contribution in [0, 0.1) is 0 Å². The van der Waals surface area contributed by atoms with Crippen LogP contribution >= 0.6 is 0 Å². The second-order valence-electron chi connectivity index (χ2n) is 7.86. The number of hydrogen-bond acceptors (Lipinski definition) is 5. The Morgan fingerprint density at radius 2 is 1.87 bits per heavy atom. The quantitative estimate of drug-likeness (QED) is 0.602. The van der Waals surface area contributed by atoms with Gasteiger partial charge in [0.05, 0.1) is 19.0 Å². The number of aromatic amines is 1. The third-order valence-electron chi connectivity index (χ3n) is 5.87. The van der Waals surface area contributed by atoms with Crippen LogP contribution < -0.4 is 4.74 Å². The number of aromatic nitrogens is 2. The fraction of sp³-hybridized carbons (Fsp3) is 0.375. The van der Waals surface area contributed by atoms with Crippen molar-refractivity contribution < 1.29 is 9.84 Å². The van der Waals surface area contributed by atoms with Crippen molar-refractivity contribution in [1.82, 2.24) is 20.0 Å². The van der Waals surface area contributed by atoms with Crippen molar-refractivity contribution >= 4 is 0 Å². The lowest BCUT2D eigenvalue weighted by Crippen LogP contribution is -2.52. The molecule has 2 N–H and O–H groups in total. The predicted octanol–water partition coefficient (Wildman–Crippen LogP) is 3.15.